The fourth-order valence-corrected chi connectivity index (χ4v) is 3.28. The van der Waals surface area contributed by atoms with E-state index in [1.165, 1.54) is 32.8 Å². The van der Waals surface area contributed by atoms with Crippen molar-refractivity contribution < 1.29 is 13.2 Å². The van der Waals surface area contributed by atoms with Crippen LogP contribution in [0.4, 0.5) is 0 Å². The highest BCUT2D eigenvalue weighted by atomic mass is 32.2. The summed E-state index contributed by atoms with van der Waals surface area (Å²) in [6, 6.07) is 3.07. The molecule has 1 aliphatic rings. The van der Waals surface area contributed by atoms with E-state index in [9.17, 15) is 8.42 Å². The second kappa shape index (κ2) is 6.29. The first-order valence-electron chi connectivity index (χ1n) is 7.14. The van der Waals surface area contributed by atoms with E-state index in [2.05, 4.69) is 4.98 Å². The molecular weight excluding hydrogens is 290 g/mol. The van der Waals surface area contributed by atoms with Crippen molar-refractivity contribution in [3.05, 3.63) is 18.3 Å². The molecule has 1 saturated carbocycles. The molecule has 0 bridgehead atoms. The van der Waals surface area contributed by atoms with Crippen LogP contribution in [-0.4, -0.2) is 43.9 Å². The molecule has 21 heavy (non-hydrogen) atoms. The van der Waals surface area contributed by atoms with Gasteiger partial charge in [-0.2, -0.15) is 0 Å². The maximum Gasteiger partial charge on any atom is 0.244 e. The Morgan fingerprint density at radius 1 is 1.29 bits per heavy atom. The van der Waals surface area contributed by atoms with Crippen LogP contribution in [0.2, 0.25) is 0 Å². The number of rotatable bonds is 5. The van der Waals surface area contributed by atoms with Gasteiger partial charge in [0.05, 0.1) is 11.7 Å². The van der Waals surface area contributed by atoms with Crippen molar-refractivity contribution in [3.8, 4) is 5.88 Å². The highest BCUT2D eigenvalue weighted by molar-refractivity contribution is 7.89. The van der Waals surface area contributed by atoms with E-state index < -0.39 is 10.0 Å². The summed E-state index contributed by atoms with van der Waals surface area (Å²) >= 11 is 0. The molecular formula is C14H23N3O3S. The average molecular weight is 313 g/mol. The van der Waals surface area contributed by atoms with Gasteiger partial charge in [-0.15, -0.1) is 0 Å². The highest BCUT2D eigenvalue weighted by Gasteiger charge is 2.28. The Balaban J connectivity index is 2.00. The number of pyridine rings is 1. The molecule has 1 aromatic rings. The molecule has 0 spiro atoms. The molecule has 7 heteroatoms. The molecule has 0 unspecified atom stereocenters. The summed E-state index contributed by atoms with van der Waals surface area (Å²) in [4.78, 5) is 4.21. The number of hydrogen-bond acceptors (Lipinski definition) is 5. The SMILES string of the molecule is CN(C)S(=O)(=O)c1ccc(OCC2(N)CCCCC2)nc1. The van der Waals surface area contributed by atoms with Gasteiger partial charge in [0.25, 0.3) is 0 Å². The number of nitrogens with two attached hydrogens (primary N) is 1. The minimum absolute atomic E-state index is 0.153. The van der Waals surface area contributed by atoms with Gasteiger partial charge in [0.2, 0.25) is 15.9 Å². The number of ether oxygens (including phenoxy) is 1. The fraction of sp³-hybridized carbons (Fsp3) is 0.643. The van der Waals surface area contributed by atoms with Crippen LogP contribution in [0.3, 0.4) is 0 Å². The van der Waals surface area contributed by atoms with Crippen molar-refractivity contribution in [1.29, 1.82) is 0 Å². The Hall–Kier alpha value is -1.18. The molecule has 118 valence electrons. The van der Waals surface area contributed by atoms with Crippen LogP contribution in [-0.2, 0) is 10.0 Å². The van der Waals surface area contributed by atoms with Crippen LogP contribution in [0.1, 0.15) is 32.1 Å². The molecule has 2 N–H and O–H groups in total. The summed E-state index contributed by atoms with van der Waals surface area (Å²) in [6.07, 6.45) is 6.73. The normalized spacial score (nSPS) is 18.7. The summed E-state index contributed by atoms with van der Waals surface area (Å²) in [5.74, 6) is 0.406. The minimum Gasteiger partial charge on any atom is -0.476 e. The van der Waals surface area contributed by atoms with Gasteiger partial charge in [-0.05, 0) is 18.9 Å². The third kappa shape index (κ3) is 3.93. The molecule has 0 radical (unpaired) electrons. The van der Waals surface area contributed by atoms with Gasteiger partial charge in [-0.25, -0.2) is 17.7 Å². The lowest BCUT2D eigenvalue weighted by Crippen LogP contribution is -2.47. The van der Waals surface area contributed by atoms with E-state index >= 15 is 0 Å². The van der Waals surface area contributed by atoms with Crippen molar-refractivity contribution in [2.75, 3.05) is 20.7 Å². The second-order valence-electron chi connectivity index (χ2n) is 5.83. The maximum atomic E-state index is 11.9. The second-order valence-corrected chi connectivity index (χ2v) is 7.98. The zero-order valence-corrected chi connectivity index (χ0v) is 13.4. The van der Waals surface area contributed by atoms with Gasteiger partial charge in [-0.3, -0.25) is 0 Å². The van der Waals surface area contributed by atoms with Crippen LogP contribution in [0.25, 0.3) is 0 Å². The fourth-order valence-electron chi connectivity index (χ4n) is 2.43. The van der Waals surface area contributed by atoms with Crippen molar-refractivity contribution in [1.82, 2.24) is 9.29 Å². The van der Waals surface area contributed by atoms with Gasteiger partial charge in [0.1, 0.15) is 11.5 Å². The lowest BCUT2D eigenvalue weighted by Gasteiger charge is -2.32. The summed E-state index contributed by atoms with van der Waals surface area (Å²) in [7, 11) is -0.476. The average Bonchev–Trinajstić information content (AvgIpc) is 2.46. The Bertz CT molecular complexity index is 564. The van der Waals surface area contributed by atoms with Crippen molar-refractivity contribution in [3.63, 3.8) is 0 Å². The largest absolute Gasteiger partial charge is 0.476 e. The molecule has 1 aromatic heterocycles. The van der Waals surface area contributed by atoms with Crippen molar-refractivity contribution >= 4 is 10.0 Å². The Kier molecular flexibility index (Phi) is 4.85. The Labute approximate surface area is 126 Å². The Morgan fingerprint density at radius 3 is 2.48 bits per heavy atom. The van der Waals surface area contributed by atoms with E-state index in [0.29, 0.717) is 12.5 Å². The quantitative estimate of drug-likeness (QED) is 0.887. The minimum atomic E-state index is -3.45. The first kappa shape index (κ1) is 16.2. The van der Waals surface area contributed by atoms with E-state index in [0.717, 1.165) is 30.0 Å². The van der Waals surface area contributed by atoms with Crippen LogP contribution in [0, 0.1) is 0 Å². The zero-order valence-electron chi connectivity index (χ0n) is 12.6. The molecule has 0 aliphatic heterocycles. The molecule has 0 aromatic carbocycles. The molecule has 6 nitrogen and oxygen atoms in total. The monoisotopic (exact) mass is 313 g/mol. The first-order valence-corrected chi connectivity index (χ1v) is 8.58. The predicted octanol–water partition coefficient (Wildman–Crippen LogP) is 1.37. The molecule has 0 atom stereocenters. The topological polar surface area (TPSA) is 85.5 Å². The molecule has 0 amide bonds. The number of hydrogen-bond donors (Lipinski definition) is 1. The summed E-state index contributed by atoms with van der Waals surface area (Å²) < 4.78 is 30.6. The third-order valence-electron chi connectivity index (χ3n) is 3.84. The maximum absolute atomic E-state index is 11.9. The number of aromatic nitrogens is 1. The van der Waals surface area contributed by atoms with Crippen LogP contribution >= 0.6 is 0 Å². The van der Waals surface area contributed by atoms with E-state index in [1.807, 2.05) is 0 Å². The molecule has 0 saturated heterocycles. The van der Waals surface area contributed by atoms with Crippen LogP contribution in [0.5, 0.6) is 5.88 Å². The lowest BCUT2D eigenvalue weighted by molar-refractivity contribution is 0.169. The predicted molar refractivity (Wildman–Crippen MR) is 80.6 cm³/mol. The molecule has 2 rings (SSSR count). The van der Waals surface area contributed by atoms with Gasteiger partial charge in [-0.1, -0.05) is 19.3 Å². The lowest BCUT2D eigenvalue weighted by atomic mass is 9.83. The number of nitrogens with zero attached hydrogens (tertiary/aromatic N) is 2. The summed E-state index contributed by atoms with van der Waals surface area (Å²) in [6.45, 7) is 0.416. The first-order chi connectivity index (χ1) is 9.83. The van der Waals surface area contributed by atoms with Crippen LogP contribution < -0.4 is 10.5 Å². The van der Waals surface area contributed by atoms with E-state index in [4.69, 9.17) is 10.5 Å². The van der Waals surface area contributed by atoms with Gasteiger partial charge >= 0.3 is 0 Å². The van der Waals surface area contributed by atoms with Crippen molar-refractivity contribution in [2.45, 2.75) is 42.5 Å². The summed E-state index contributed by atoms with van der Waals surface area (Å²) in [5.41, 5.74) is 6.01. The molecule has 1 fully saturated rings. The zero-order chi connectivity index (χ0) is 15.5. The number of sulfonamides is 1. The molecule has 1 heterocycles. The van der Waals surface area contributed by atoms with Crippen LogP contribution in [0.15, 0.2) is 23.2 Å². The van der Waals surface area contributed by atoms with E-state index in [1.54, 1.807) is 6.07 Å². The highest BCUT2D eigenvalue weighted by Crippen LogP contribution is 2.26. The van der Waals surface area contributed by atoms with Gasteiger partial charge in [0, 0.05) is 20.2 Å². The molecule has 1 aliphatic carbocycles. The summed E-state index contributed by atoms with van der Waals surface area (Å²) in [5, 5.41) is 0. The Morgan fingerprint density at radius 2 is 1.95 bits per heavy atom. The van der Waals surface area contributed by atoms with Gasteiger partial charge in [0.15, 0.2) is 0 Å². The standard InChI is InChI=1S/C14H23N3O3S/c1-17(2)21(18,19)12-6-7-13(16-10-12)20-11-14(15)8-4-3-5-9-14/h6-7,10H,3-5,8-9,11,15H2,1-2H3. The smallest absolute Gasteiger partial charge is 0.244 e. The van der Waals surface area contributed by atoms with E-state index in [-0.39, 0.29) is 10.4 Å². The third-order valence-corrected chi connectivity index (χ3v) is 5.64. The van der Waals surface area contributed by atoms with Crippen molar-refractivity contribution in [2.24, 2.45) is 5.73 Å². The van der Waals surface area contributed by atoms with Gasteiger partial charge < -0.3 is 10.5 Å².